The highest BCUT2D eigenvalue weighted by Crippen LogP contribution is 2.45. The molecule has 0 saturated heterocycles. The summed E-state index contributed by atoms with van der Waals surface area (Å²) in [6.45, 7) is 4.59. The second-order valence-electron chi connectivity index (χ2n) is 16.8. The van der Waals surface area contributed by atoms with Gasteiger partial charge in [-0.1, -0.05) is 153 Å². The minimum Gasteiger partial charge on any atom is -0.309 e. The van der Waals surface area contributed by atoms with Gasteiger partial charge in [0.2, 0.25) is 0 Å². The predicted octanol–water partition coefficient (Wildman–Crippen LogP) is 17.6. The lowest BCUT2D eigenvalue weighted by Gasteiger charge is -2.19. The standard InChI is InChI=1S/C59H43NS2/c1-3-38(39-15-5-4-6-16-39)32-42-17-7-8-18-46(42)45-28-25-40(31-37(45)2)41-26-29-48-47-19-9-12-22-54(47)60(55(48)34-41)44-35-51(59-53(36-44)50-21-11-14-24-57(50)62-59)43-27-30-58-52(33-43)49-20-10-13-23-56(49)61-58/h4-31,33-36,38H,3,32H2,1-2H3. The molecule has 0 saturated carbocycles. The van der Waals surface area contributed by atoms with E-state index >= 15 is 0 Å². The molecule has 0 fully saturated rings. The molecule has 0 bridgehead atoms. The number of benzene rings is 9. The Morgan fingerprint density at radius 1 is 0.435 bits per heavy atom. The molecule has 0 spiro atoms. The number of aromatic nitrogens is 1. The average molecular weight is 830 g/mol. The lowest BCUT2D eigenvalue weighted by atomic mass is 9.85. The summed E-state index contributed by atoms with van der Waals surface area (Å²) in [7, 11) is 0. The highest BCUT2D eigenvalue weighted by atomic mass is 32.1. The van der Waals surface area contributed by atoms with Gasteiger partial charge in [0.25, 0.3) is 0 Å². The molecule has 0 amide bonds. The van der Waals surface area contributed by atoms with Crippen molar-refractivity contribution in [1.82, 2.24) is 4.57 Å². The van der Waals surface area contributed by atoms with Crippen LogP contribution < -0.4 is 0 Å². The molecule has 9 aromatic carbocycles. The van der Waals surface area contributed by atoms with Crippen molar-refractivity contribution in [3.05, 3.63) is 211 Å². The molecule has 3 aromatic heterocycles. The smallest absolute Gasteiger partial charge is 0.0547 e. The molecule has 1 unspecified atom stereocenters. The van der Waals surface area contributed by atoms with Crippen LogP contribution in [0, 0.1) is 6.92 Å². The third kappa shape index (κ3) is 6.10. The summed E-state index contributed by atoms with van der Waals surface area (Å²) in [5, 5.41) is 7.79. The van der Waals surface area contributed by atoms with Crippen molar-refractivity contribution in [2.45, 2.75) is 32.6 Å². The Bertz CT molecular complexity index is 3670. The molecule has 0 N–H and O–H groups in total. The van der Waals surface area contributed by atoms with E-state index < -0.39 is 0 Å². The van der Waals surface area contributed by atoms with Crippen molar-refractivity contribution >= 4 is 84.8 Å². The SMILES string of the molecule is CCC(Cc1ccccc1-c1ccc(-c2ccc3c4ccccc4n(-c4cc(-c5ccc6sc7ccccc7c6c5)c5sc6ccccc6c5c4)c3c2)cc1C)c1ccccc1. The predicted molar refractivity (Wildman–Crippen MR) is 271 cm³/mol. The maximum Gasteiger partial charge on any atom is 0.0547 e. The summed E-state index contributed by atoms with van der Waals surface area (Å²) in [6, 6.07) is 72.7. The van der Waals surface area contributed by atoms with E-state index in [1.165, 1.54) is 118 Å². The fourth-order valence-electron chi connectivity index (χ4n) is 10.1. The fourth-order valence-corrected chi connectivity index (χ4v) is 12.4. The van der Waals surface area contributed by atoms with Crippen LogP contribution in [0.4, 0.5) is 0 Å². The van der Waals surface area contributed by atoms with Crippen LogP contribution in [0.5, 0.6) is 0 Å². The van der Waals surface area contributed by atoms with Gasteiger partial charge < -0.3 is 4.57 Å². The number of para-hydroxylation sites is 1. The summed E-state index contributed by atoms with van der Waals surface area (Å²) in [5.41, 5.74) is 15.3. The van der Waals surface area contributed by atoms with Crippen LogP contribution in [-0.4, -0.2) is 4.57 Å². The maximum atomic E-state index is 2.51. The lowest BCUT2D eigenvalue weighted by Crippen LogP contribution is -2.03. The molecule has 0 aliphatic rings. The molecule has 12 rings (SSSR count). The van der Waals surface area contributed by atoms with Crippen molar-refractivity contribution in [3.8, 4) is 39.1 Å². The van der Waals surface area contributed by atoms with E-state index in [9.17, 15) is 0 Å². The van der Waals surface area contributed by atoms with Crippen LogP contribution in [0.15, 0.2) is 194 Å². The van der Waals surface area contributed by atoms with Crippen molar-refractivity contribution in [2.75, 3.05) is 0 Å². The summed E-state index contributed by atoms with van der Waals surface area (Å²) in [4.78, 5) is 0. The van der Waals surface area contributed by atoms with Gasteiger partial charge in [-0.25, -0.2) is 0 Å². The van der Waals surface area contributed by atoms with Crippen molar-refractivity contribution in [3.63, 3.8) is 0 Å². The summed E-state index contributed by atoms with van der Waals surface area (Å²) < 4.78 is 7.82. The van der Waals surface area contributed by atoms with E-state index in [1.807, 2.05) is 22.7 Å². The Balaban J connectivity index is 1.01. The van der Waals surface area contributed by atoms with Crippen LogP contribution in [0.25, 0.3) is 101 Å². The van der Waals surface area contributed by atoms with Crippen molar-refractivity contribution in [2.24, 2.45) is 0 Å². The van der Waals surface area contributed by atoms with Gasteiger partial charge >= 0.3 is 0 Å². The van der Waals surface area contributed by atoms with Gasteiger partial charge in [-0.15, -0.1) is 22.7 Å². The van der Waals surface area contributed by atoms with Gasteiger partial charge in [-0.3, -0.25) is 0 Å². The minimum atomic E-state index is 0.482. The zero-order valence-corrected chi connectivity index (χ0v) is 36.4. The molecule has 1 atom stereocenters. The molecule has 62 heavy (non-hydrogen) atoms. The fraction of sp³-hybridized carbons (Fsp3) is 0.0847. The normalized spacial score (nSPS) is 12.4. The van der Waals surface area contributed by atoms with E-state index in [0.717, 1.165) is 12.8 Å². The first-order valence-corrected chi connectivity index (χ1v) is 23.4. The molecule has 0 radical (unpaired) electrons. The van der Waals surface area contributed by atoms with E-state index in [4.69, 9.17) is 0 Å². The number of hydrogen-bond acceptors (Lipinski definition) is 2. The highest BCUT2D eigenvalue weighted by Gasteiger charge is 2.20. The van der Waals surface area contributed by atoms with Gasteiger partial charge in [-0.05, 0) is 119 Å². The summed E-state index contributed by atoms with van der Waals surface area (Å²) in [5.74, 6) is 0.482. The first-order chi connectivity index (χ1) is 30.6. The van der Waals surface area contributed by atoms with Gasteiger partial charge in [0.05, 0.1) is 11.0 Å². The van der Waals surface area contributed by atoms with Gasteiger partial charge in [0.1, 0.15) is 0 Å². The molecule has 0 aliphatic carbocycles. The van der Waals surface area contributed by atoms with Gasteiger partial charge in [0.15, 0.2) is 0 Å². The zero-order valence-electron chi connectivity index (χ0n) is 34.7. The average Bonchev–Trinajstić information content (AvgIpc) is 4.00. The Kier molecular flexibility index (Phi) is 8.95. The van der Waals surface area contributed by atoms with Crippen LogP contribution in [0.2, 0.25) is 0 Å². The molecular formula is C59H43NS2. The first-order valence-electron chi connectivity index (χ1n) is 21.7. The molecule has 3 heterocycles. The second-order valence-corrected chi connectivity index (χ2v) is 18.9. The topological polar surface area (TPSA) is 4.93 Å². The summed E-state index contributed by atoms with van der Waals surface area (Å²) in [6.07, 6.45) is 2.13. The minimum absolute atomic E-state index is 0.482. The van der Waals surface area contributed by atoms with Crippen molar-refractivity contribution in [1.29, 1.82) is 0 Å². The quantitative estimate of drug-likeness (QED) is 0.144. The first kappa shape index (κ1) is 37.0. The maximum absolute atomic E-state index is 2.51. The largest absolute Gasteiger partial charge is 0.309 e. The van der Waals surface area contributed by atoms with Gasteiger partial charge in [0, 0.05) is 62.4 Å². The van der Waals surface area contributed by atoms with Crippen LogP contribution in [0.3, 0.4) is 0 Å². The number of fused-ring (bicyclic) bond motifs is 9. The molecule has 296 valence electrons. The zero-order chi connectivity index (χ0) is 41.3. The van der Waals surface area contributed by atoms with Gasteiger partial charge in [-0.2, -0.15) is 0 Å². The Morgan fingerprint density at radius 3 is 1.90 bits per heavy atom. The van der Waals surface area contributed by atoms with Crippen LogP contribution in [0.1, 0.15) is 36.0 Å². The van der Waals surface area contributed by atoms with E-state index in [2.05, 4.69) is 213 Å². The number of nitrogens with zero attached hydrogens (tertiary/aromatic N) is 1. The van der Waals surface area contributed by atoms with Crippen LogP contribution in [-0.2, 0) is 6.42 Å². The molecule has 1 nitrogen and oxygen atoms in total. The van der Waals surface area contributed by atoms with E-state index in [-0.39, 0.29) is 0 Å². The molecule has 12 aromatic rings. The number of rotatable bonds is 8. The number of hydrogen-bond donors (Lipinski definition) is 0. The third-order valence-corrected chi connectivity index (χ3v) is 15.6. The van der Waals surface area contributed by atoms with Crippen LogP contribution >= 0.6 is 22.7 Å². The Morgan fingerprint density at radius 2 is 1.08 bits per heavy atom. The monoisotopic (exact) mass is 829 g/mol. The second kappa shape index (κ2) is 15.0. The third-order valence-electron chi connectivity index (χ3n) is 13.2. The van der Waals surface area contributed by atoms with E-state index in [1.54, 1.807) is 0 Å². The highest BCUT2D eigenvalue weighted by molar-refractivity contribution is 7.26. The molecular weight excluding hydrogens is 787 g/mol. The number of thiophene rings is 2. The lowest BCUT2D eigenvalue weighted by molar-refractivity contribution is 0.661. The number of aryl methyl sites for hydroxylation is 1. The van der Waals surface area contributed by atoms with Crippen molar-refractivity contribution < 1.29 is 0 Å². The molecule has 0 aliphatic heterocycles. The van der Waals surface area contributed by atoms with E-state index in [0.29, 0.717) is 5.92 Å². The summed E-state index contributed by atoms with van der Waals surface area (Å²) >= 11 is 3.78. The Labute approximate surface area is 369 Å². The molecule has 3 heteroatoms. The Hall–Kier alpha value is -6.78.